The Labute approximate surface area is 149 Å². The van der Waals surface area contributed by atoms with E-state index in [4.69, 9.17) is 4.74 Å². The number of amides is 2. The van der Waals surface area contributed by atoms with Gasteiger partial charge in [0, 0.05) is 13.1 Å². The van der Waals surface area contributed by atoms with Crippen LogP contribution in [0, 0.1) is 5.92 Å². The van der Waals surface area contributed by atoms with Crippen molar-refractivity contribution in [3.63, 3.8) is 0 Å². The maximum absolute atomic E-state index is 12.6. The molecule has 6 heteroatoms. The standard InChI is InChI=1S/C19H27N3O3/c1-14-7-10-21(11-8-14)12-9-20-17-13-18(23)22(19(17)24)15-3-5-16(25-2)6-4-15/h3-6,14,17,20H,7-13H2,1-2H3/t17-/m0/s1. The lowest BCUT2D eigenvalue weighted by molar-refractivity contribution is -0.121. The molecule has 0 radical (unpaired) electrons. The normalized spacial score (nSPS) is 22.6. The van der Waals surface area contributed by atoms with Crippen LogP contribution >= 0.6 is 0 Å². The molecule has 1 aromatic carbocycles. The van der Waals surface area contributed by atoms with Crippen LogP contribution < -0.4 is 15.0 Å². The first-order valence-corrected chi connectivity index (χ1v) is 9.05. The number of nitrogens with zero attached hydrogens (tertiary/aromatic N) is 2. The third-order valence-corrected chi connectivity index (χ3v) is 5.17. The molecule has 3 rings (SSSR count). The van der Waals surface area contributed by atoms with E-state index in [0.29, 0.717) is 11.4 Å². The van der Waals surface area contributed by atoms with E-state index < -0.39 is 6.04 Å². The molecule has 2 heterocycles. The Hall–Kier alpha value is -1.92. The highest BCUT2D eigenvalue weighted by Gasteiger charge is 2.39. The summed E-state index contributed by atoms with van der Waals surface area (Å²) in [5.74, 6) is 1.20. The molecular formula is C19H27N3O3. The van der Waals surface area contributed by atoms with Gasteiger partial charge in [-0.05, 0) is 56.1 Å². The summed E-state index contributed by atoms with van der Waals surface area (Å²) >= 11 is 0. The zero-order chi connectivity index (χ0) is 17.8. The topological polar surface area (TPSA) is 61.9 Å². The number of carbonyl (C=O) groups is 2. The van der Waals surface area contributed by atoms with Gasteiger partial charge in [0.1, 0.15) is 5.75 Å². The molecule has 2 aliphatic rings. The fourth-order valence-electron chi connectivity index (χ4n) is 3.48. The van der Waals surface area contributed by atoms with E-state index in [1.807, 2.05) is 0 Å². The predicted octanol–water partition coefficient (Wildman–Crippen LogP) is 1.65. The molecule has 1 N–H and O–H groups in total. The molecule has 2 aliphatic heterocycles. The number of benzene rings is 1. The molecule has 0 unspecified atom stereocenters. The van der Waals surface area contributed by atoms with Crippen molar-refractivity contribution in [1.82, 2.24) is 10.2 Å². The second-order valence-corrected chi connectivity index (χ2v) is 7.00. The van der Waals surface area contributed by atoms with Crippen LogP contribution in [-0.2, 0) is 9.59 Å². The van der Waals surface area contributed by atoms with E-state index in [1.165, 1.54) is 17.7 Å². The Morgan fingerprint density at radius 2 is 1.84 bits per heavy atom. The second-order valence-electron chi connectivity index (χ2n) is 7.00. The maximum Gasteiger partial charge on any atom is 0.251 e. The van der Waals surface area contributed by atoms with Gasteiger partial charge in [-0.1, -0.05) is 6.92 Å². The second kappa shape index (κ2) is 7.97. The summed E-state index contributed by atoms with van der Waals surface area (Å²) in [7, 11) is 1.59. The molecule has 2 fully saturated rings. The number of hydrogen-bond acceptors (Lipinski definition) is 5. The number of rotatable bonds is 6. The zero-order valence-electron chi connectivity index (χ0n) is 15.0. The number of imide groups is 1. The maximum atomic E-state index is 12.6. The minimum atomic E-state index is -0.418. The molecule has 6 nitrogen and oxygen atoms in total. The molecule has 2 saturated heterocycles. The van der Waals surface area contributed by atoms with Crippen LogP contribution in [0.15, 0.2) is 24.3 Å². The smallest absolute Gasteiger partial charge is 0.251 e. The third-order valence-electron chi connectivity index (χ3n) is 5.17. The molecule has 25 heavy (non-hydrogen) atoms. The van der Waals surface area contributed by atoms with Crippen molar-refractivity contribution in [2.75, 3.05) is 38.2 Å². The van der Waals surface area contributed by atoms with Crippen molar-refractivity contribution in [2.24, 2.45) is 5.92 Å². The van der Waals surface area contributed by atoms with Gasteiger partial charge in [-0.15, -0.1) is 0 Å². The first-order valence-electron chi connectivity index (χ1n) is 9.05. The largest absolute Gasteiger partial charge is 0.497 e. The van der Waals surface area contributed by atoms with Gasteiger partial charge in [-0.25, -0.2) is 4.90 Å². The lowest BCUT2D eigenvalue weighted by Gasteiger charge is -2.30. The van der Waals surface area contributed by atoms with Crippen LogP contribution in [-0.4, -0.2) is 56.0 Å². The van der Waals surface area contributed by atoms with Crippen molar-refractivity contribution in [3.8, 4) is 5.75 Å². The summed E-state index contributed by atoms with van der Waals surface area (Å²) in [6, 6.07) is 6.58. The minimum absolute atomic E-state index is 0.153. The Balaban J connectivity index is 1.52. The molecule has 136 valence electrons. The lowest BCUT2D eigenvalue weighted by atomic mass is 9.99. The fraction of sp³-hybridized carbons (Fsp3) is 0.579. The van der Waals surface area contributed by atoms with E-state index >= 15 is 0 Å². The number of anilines is 1. The Bertz CT molecular complexity index is 609. The first-order chi connectivity index (χ1) is 12.1. The van der Waals surface area contributed by atoms with Gasteiger partial charge in [0.2, 0.25) is 5.91 Å². The van der Waals surface area contributed by atoms with Gasteiger partial charge in [-0.2, -0.15) is 0 Å². The summed E-state index contributed by atoms with van der Waals surface area (Å²) in [5, 5.41) is 3.26. The van der Waals surface area contributed by atoms with Crippen LogP contribution in [0.2, 0.25) is 0 Å². The van der Waals surface area contributed by atoms with Gasteiger partial charge >= 0.3 is 0 Å². The van der Waals surface area contributed by atoms with Gasteiger partial charge in [0.05, 0.1) is 25.3 Å². The summed E-state index contributed by atoms with van der Waals surface area (Å²) in [5.41, 5.74) is 0.602. The summed E-state index contributed by atoms with van der Waals surface area (Å²) in [4.78, 5) is 28.6. The quantitative estimate of drug-likeness (QED) is 0.795. The van der Waals surface area contributed by atoms with Gasteiger partial charge in [0.15, 0.2) is 0 Å². The van der Waals surface area contributed by atoms with Crippen LogP contribution in [0.25, 0.3) is 0 Å². The molecule has 0 saturated carbocycles. The number of methoxy groups -OCH3 is 1. The SMILES string of the molecule is COc1ccc(N2C(=O)C[C@H](NCCN3CCC(C)CC3)C2=O)cc1. The average molecular weight is 345 g/mol. The van der Waals surface area contributed by atoms with Gasteiger partial charge < -0.3 is 15.0 Å². The van der Waals surface area contributed by atoms with Gasteiger partial charge in [0.25, 0.3) is 5.91 Å². The van der Waals surface area contributed by atoms with E-state index in [-0.39, 0.29) is 18.2 Å². The van der Waals surface area contributed by atoms with E-state index in [1.54, 1.807) is 31.4 Å². The Morgan fingerprint density at radius 3 is 2.48 bits per heavy atom. The molecule has 2 amide bonds. The summed E-state index contributed by atoms with van der Waals surface area (Å²) in [6.07, 6.45) is 2.71. The summed E-state index contributed by atoms with van der Waals surface area (Å²) < 4.78 is 5.12. The number of carbonyl (C=O) groups excluding carboxylic acids is 2. The third kappa shape index (κ3) is 4.19. The van der Waals surface area contributed by atoms with Crippen molar-refractivity contribution >= 4 is 17.5 Å². The predicted molar refractivity (Wildman–Crippen MR) is 96.7 cm³/mol. The fourth-order valence-corrected chi connectivity index (χ4v) is 3.48. The first kappa shape index (κ1) is 17.9. The molecule has 0 spiro atoms. The molecule has 0 aromatic heterocycles. The highest BCUT2D eigenvalue weighted by Crippen LogP contribution is 2.25. The number of piperidine rings is 1. The molecule has 1 atom stereocenters. The van der Waals surface area contributed by atoms with Crippen molar-refractivity contribution in [3.05, 3.63) is 24.3 Å². The highest BCUT2D eigenvalue weighted by molar-refractivity contribution is 6.22. The Morgan fingerprint density at radius 1 is 1.16 bits per heavy atom. The monoisotopic (exact) mass is 345 g/mol. The number of likely N-dealkylation sites (tertiary alicyclic amines) is 1. The summed E-state index contributed by atoms with van der Waals surface area (Å²) in [6.45, 7) is 6.20. The minimum Gasteiger partial charge on any atom is -0.497 e. The van der Waals surface area contributed by atoms with Crippen LogP contribution in [0.1, 0.15) is 26.2 Å². The van der Waals surface area contributed by atoms with E-state index in [0.717, 1.165) is 32.1 Å². The highest BCUT2D eigenvalue weighted by atomic mass is 16.5. The number of nitrogens with one attached hydrogen (secondary N) is 1. The van der Waals surface area contributed by atoms with Crippen molar-refractivity contribution in [2.45, 2.75) is 32.2 Å². The average Bonchev–Trinajstić information content (AvgIpc) is 2.90. The molecular weight excluding hydrogens is 318 g/mol. The number of ether oxygens (including phenoxy) is 1. The zero-order valence-corrected chi connectivity index (χ0v) is 15.0. The van der Waals surface area contributed by atoms with Crippen molar-refractivity contribution < 1.29 is 14.3 Å². The number of hydrogen-bond donors (Lipinski definition) is 1. The van der Waals surface area contributed by atoms with Gasteiger partial charge in [-0.3, -0.25) is 9.59 Å². The Kier molecular flexibility index (Phi) is 5.71. The molecule has 0 bridgehead atoms. The van der Waals surface area contributed by atoms with Crippen molar-refractivity contribution in [1.29, 1.82) is 0 Å². The lowest BCUT2D eigenvalue weighted by Crippen LogP contribution is -2.43. The molecule has 1 aromatic rings. The van der Waals surface area contributed by atoms with E-state index in [2.05, 4.69) is 17.1 Å². The molecule has 0 aliphatic carbocycles. The van der Waals surface area contributed by atoms with Crippen LogP contribution in [0.4, 0.5) is 5.69 Å². The van der Waals surface area contributed by atoms with Crippen LogP contribution in [0.3, 0.4) is 0 Å². The van der Waals surface area contributed by atoms with Crippen LogP contribution in [0.5, 0.6) is 5.75 Å². The van der Waals surface area contributed by atoms with E-state index in [9.17, 15) is 9.59 Å².